The SMILES string of the molecule is CC1CCN(COCCn2c(N)nc(SCc3ccccn3)[n+]2CCS)CC1. The molecule has 0 bridgehead atoms. The summed E-state index contributed by atoms with van der Waals surface area (Å²) in [6.07, 6.45) is 4.33. The summed E-state index contributed by atoms with van der Waals surface area (Å²) in [5.74, 6) is 2.83. The Bertz CT molecular complexity index is 719. The van der Waals surface area contributed by atoms with Crippen LogP contribution in [0.5, 0.6) is 0 Å². The fraction of sp³-hybridized carbons (Fsp3) is 0.632. The molecule has 2 aromatic heterocycles. The van der Waals surface area contributed by atoms with E-state index in [-0.39, 0.29) is 0 Å². The zero-order valence-electron chi connectivity index (χ0n) is 16.5. The van der Waals surface area contributed by atoms with Crippen LogP contribution in [0, 0.1) is 5.92 Å². The van der Waals surface area contributed by atoms with E-state index in [4.69, 9.17) is 10.5 Å². The van der Waals surface area contributed by atoms with Crippen molar-refractivity contribution in [2.45, 2.75) is 43.8 Å². The third-order valence-corrected chi connectivity index (χ3v) is 6.17. The molecule has 0 radical (unpaired) electrons. The van der Waals surface area contributed by atoms with E-state index in [1.807, 2.05) is 29.1 Å². The van der Waals surface area contributed by atoms with Crippen molar-refractivity contribution in [1.29, 1.82) is 0 Å². The van der Waals surface area contributed by atoms with E-state index in [2.05, 4.69) is 39.1 Å². The summed E-state index contributed by atoms with van der Waals surface area (Å²) >= 11 is 6.04. The Kier molecular flexibility index (Phi) is 8.44. The van der Waals surface area contributed by atoms with Crippen LogP contribution in [0.2, 0.25) is 0 Å². The Labute approximate surface area is 177 Å². The number of likely N-dealkylation sites (tertiary alicyclic amines) is 1. The monoisotopic (exact) mass is 423 g/mol. The average Bonchev–Trinajstić information content (AvgIpc) is 3.01. The minimum absolute atomic E-state index is 0.515. The molecule has 1 aliphatic heterocycles. The normalized spacial score (nSPS) is 15.9. The Balaban J connectivity index is 1.53. The number of nitrogens with zero attached hydrogens (tertiary/aromatic N) is 5. The third kappa shape index (κ3) is 6.10. The topological polar surface area (TPSA) is 73.1 Å². The van der Waals surface area contributed by atoms with Crippen molar-refractivity contribution in [2.24, 2.45) is 5.92 Å². The summed E-state index contributed by atoms with van der Waals surface area (Å²) in [6, 6.07) is 5.94. The summed E-state index contributed by atoms with van der Waals surface area (Å²) in [6.45, 7) is 7.32. The molecule has 0 aromatic carbocycles. The number of anilines is 1. The van der Waals surface area contributed by atoms with Gasteiger partial charge in [-0.05, 0) is 42.7 Å². The van der Waals surface area contributed by atoms with Crippen molar-refractivity contribution in [3.63, 3.8) is 0 Å². The van der Waals surface area contributed by atoms with Gasteiger partial charge in [-0.15, -0.1) is 4.68 Å². The van der Waals surface area contributed by atoms with E-state index >= 15 is 0 Å². The molecular formula is C19H31N6OS2+. The first kappa shape index (κ1) is 21.4. The Morgan fingerprint density at radius 2 is 2.18 bits per heavy atom. The van der Waals surface area contributed by atoms with Crippen LogP contribution in [0.3, 0.4) is 0 Å². The summed E-state index contributed by atoms with van der Waals surface area (Å²) in [4.78, 5) is 11.3. The predicted octanol–water partition coefficient (Wildman–Crippen LogP) is 2.08. The highest BCUT2D eigenvalue weighted by atomic mass is 32.2. The van der Waals surface area contributed by atoms with Crippen LogP contribution in [0.4, 0.5) is 5.95 Å². The van der Waals surface area contributed by atoms with Crippen LogP contribution in [0.25, 0.3) is 0 Å². The van der Waals surface area contributed by atoms with Crippen LogP contribution in [-0.4, -0.2) is 51.7 Å². The number of aromatic nitrogens is 4. The van der Waals surface area contributed by atoms with E-state index < -0.39 is 0 Å². The Morgan fingerprint density at radius 3 is 2.89 bits per heavy atom. The molecular weight excluding hydrogens is 392 g/mol. The largest absolute Gasteiger partial charge is 0.382 e. The molecule has 2 aromatic rings. The highest BCUT2D eigenvalue weighted by Gasteiger charge is 2.24. The highest BCUT2D eigenvalue weighted by molar-refractivity contribution is 7.98. The molecule has 154 valence electrons. The number of hydrogen-bond donors (Lipinski definition) is 2. The van der Waals surface area contributed by atoms with Gasteiger partial charge in [0.1, 0.15) is 6.54 Å². The van der Waals surface area contributed by atoms with Crippen LogP contribution >= 0.6 is 24.4 Å². The maximum absolute atomic E-state index is 6.19. The van der Waals surface area contributed by atoms with E-state index in [1.165, 1.54) is 12.8 Å². The van der Waals surface area contributed by atoms with Gasteiger partial charge in [-0.1, -0.05) is 13.0 Å². The van der Waals surface area contributed by atoms with Crippen molar-refractivity contribution in [1.82, 2.24) is 19.5 Å². The molecule has 3 heterocycles. The van der Waals surface area contributed by atoms with Crippen molar-refractivity contribution >= 4 is 30.3 Å². The summed E-state index contributed by atoms with van der Waals surface area (Å²) in [5.41, 5.74) is 7.22. The van der Waals surface area contributed by atoms with E-state index in [0.29, 0.717) is 25.8 Å². The standard InChI is InChI=1S/C19H30N6OS2/c1-16-5-8-23(9-6-16)15-26-12-10-24-18(20)22-19(25(24)11-13-27)28-14-17-4-2-3-7-21-17/h2-4,7,16,20,27H,5-6,8-15H2,1H3/p+1. The predicted molar refractivity (Wildman–Crippen MR) is 115 cm³/mol. The van der Waals surface area contributed by atoms with Gasteiger partial charge in [0.05, 0.1) is 25.6 Å². The van der Waals surface area contributed by atoms with Gasteiger partial charge in [0.15, 0.2) is 0 Å². The molecule has 9 heteroatoms. The van der Waals surface area contributed by atoms with Crippen molar-refractivity contribution in [3.8, 4) is 0 Å². The maximum Gasteiger partial charge on any atom is 0.382 e. The molecule has 0 saturated carbocycles. The fourth-order valence-corrected chi connectivity index (χ4v) is 4.39. The molecule has 0 spiro atoms. The minimum atomic E-state index is 0.515. The van der Waals surface area contributed by atoms with Crippen LogP contribution in [-0.2, 0) is 23.6 Å². The second-order valence-electron chi connectivity index (χ2n) is 7.17. The van der Waals surface area contributed by atoms with Gasteiger partial charge in [-0.3, -0.25) is 9.88 Å². The third-order valence-electron chi connectivity index (χ3n) is 4.97. The van der Waals surface area contributed by atoms with Gasteiger partial charge in [-0.2, -0.15) is 17.3 Å². The van der Waals surface area contributed by atoms with Crippen LogP contribution < -0.4 is 10.4 Å². The van der Waals surface area contributed by atoms with Gasteiger partial charge in [0.25, 0.3) is 0 Å². The van der Waals surface area contributed by atoms with Gasteiger partial charge in [-0.25, -0.2) is 0 Å². The Morgan fingerprint density at radius 1 is 1.36 bits per heavy atom. The number of pyridine rings is 1. The molecule has 1 fully saturated rings. The minimum Gasteiger partial charge on any atom is -0.364 e. The maximum atomic E-state index is 6.19. The van der Waals surface area contributed by atoms with Crippen molar-refractivity contribution in [3.05, 3.63) is 30.1 Å². The van der Waals surface area contributed by atoms with E-state index in [1.54, 1.807) is 11.8 Å². The van der Waals surface area contributed by atoms with Gasteiger partial charge < -0.3 is 10.5 Å². The molecule has 1 saturated heterocycles. The Hall–Kier alpha value is -1.29. The van der Waals surface area contributed by atoms with Crippen molar-refractivity contribution < 1.29 is 9.42 Å². The molecule has 0 atom stereocenters. The number of ether oxygens (including phenoxy) is 1. The molecule has 0 amide bonds. The molecule has 0 aliphatic carbocycles. The first-order valence-corrected chi connectivity index (χ1v) is 11.5. The first-order chi connectivity index (χ1) is 13.7. The molecule has 2 N–H and O–H groups in total. The molecule has 3 rings (SSSR count). The van der Waals surface area contributed by atoms with E-state index in [0.717, 1.165) is 47.9 Å². The lowest BCUT2D eigenvalue weighted by Gasteiger charge is -2.29. The number of thioether (sulfide) groups is 1. The van der Waals surface area contributed by atoms with Gasteiger partial charge in [0, 0.05) is 35.8 Å². The molecule has 1 aliphatic rings. The summed E-state index contributed by atoms with van der Waals surface area (Å²) in [5, 5.41) is 0.891. The number of nitrogen functional groups attached to an aromatic ring is 1. The summed E-state index contributed by atoms with van der Waals surface area (Å²) in [7, 11) is 0. The number of hydrogen-bond acceptors (Lipinski definition) is 7. The number of piperidine rings is 1. The lowest BCUT2D eigenvalue weighted by molar-refractivity contribution is -0.804. The zero-order chi connectivity index (χ0) is 19.8. The van der Waals surface area contributed by atoms with Crippen LogP contribution in [0.1, 0.15) is 25.5 Å². The quantitative estimate of drug-likeness (QED) is 0.264. The second-order valence-corrected chi connectivity index (χ2v) is 8.56. The van der Waals surface area contributed by atoms with Crippen LogP contribution in [0.15, 0.2) is 29.6 Å². The lowest BCUT2D eigenvalue weighted by Crippen LogP contribution is -2.46. The second kappa shape index (κ2) is 11.0. The number of thiol groups is 1. The fourth-order valence-electron chi connectivity index (χ4n) is 3.25. The van der Waals surface area contributed by atoms with E-state index in [9.17, 15) is 0 Å². The highest BCUT2D eigenvalue weighted by Crippen LogP contribution is 2.19. The first-order valence-electron chi connectivity index (χ1n) is 9.87. The zero-order valence-corrected chi connectivity index (χ0v) is 18.2. The van der Waals surface area contributed by atoms with Gasteiger partial charge in [0.2, 0.25) is 0 Å². The molecule has 0 unspecified atom stereocenters. The number of rotatable bonds is 10. The molecule has 7 nitrogen and oxygen atoms in total. The lowest BCUT2D eigenvalue weighted by atomic mass is 10.00. The number of nitrogens with two attached hydrogens (primary N) is 1. The molecule has 28 heavy (non-hydrogen) atoms. The smallest absolute Gasteiger partial charge is 0.364 e. The average molecular weight is 424 g/mol. The summed E-state index contributed by atoms with van der Waals surface area (Å²) < 4.78 is 10.0. The van der Waals surface area contributed by atoms with Crippen molar-refractivity contribution in [2.75, 3.05) is 37.9 Å². The van der Waals surface area contributed by atoms with Gasteiger partial charge >= 0.3 is 11.1 Å².